The van der Waals surface area contributed by atoms with E-state index in [1.165, 1.54) is 31.0 Å². The number of para-hydroxylation sites is 1. The zero-order valence-corrected chi connectivity index (χ0v) is 16.6. The van der Waals surface area contributed by atoms with E-state index in [0.717, 1.165) is 12.8 Å². The van der Waals surface area contributed by atoms with Crippen molar-refractivity contribution in [3.05, 3.63) is 34.6 Å². The van der Waals surface area contributed by atoms with Crippen LogP contribution in [0.4, 0.5) is 0 Å². The van der Waals surface area contributed by atoms with Crippen LogP contribution in [0.25, 0.3) is 10.9 Å². The van der Waals surface area contributed by atoms with Crippen molar-refractivity contribution in [2.45, 2.75) is 63.2 Å². The average Bonchev–Trinajstić information content (AvgIpc) is 2.66. The molecular weight excluding hydrogens is 346 g/mol. The second-order valence-corrected chi connectivity index (χ2v) is 8.21. The van der Waals surface area contributed by atoms with Crippen LogP contribution in [0.2, 0.25) is 0 Å². The highest BCUT2D eigenvalue weighted by Crippen LogP contribution is 2.24. The minimum Gasteiger partial charge on any atom is -0.342 e. The molecule has 1 aromatic heterocycles. The van der Waals surface area contributed by atoms with Gasteiger partial charge in [-0.3, -0.25) is 14.2 Å². The van der Waals surface area contributed by atoms with Crippen molar-refractivity contribution in [2.24, 2.45) is 0 Å². The number of fused-ring (bicyclic) bond motifs is 1. The summed E-state index contributed by atoms with van der Waals surface area (Å²) < 4.78 is 1.70. The second-order valence-electron chi connectivity index (χ2n) is 7.27. The van der Waals surface area contributed by atoms with Crippen molar-refractivity contribution in [1.29, 1.82) is 0 Å². The highest BCUT2D eigenvalue weighted by molar-refractivity contribution is 7.99. The van der Waals surface area contributed by atoms with Gasteiger partial charge in [-0.15, -0.1) is 0 Å². The van der Waals surface area contributed by atoms with Crippen LogP contribution >= 0.6 is 11.8 Å². The van der Waals surface area contributed by atoms with Gasteiger partial charge in [-0.2, -0.15) is 0 Å². The normalized spacial score (nSPS) is 15.5. The van der Waals surface area contributed by atoms with Gasteiger partial charge in [0.1, 0.15) is 0 Å². The largest absolute Gasteiger partial charge is 0.342 e. The van der Waals surface area contributed by atoms with Crippen molar-refractivity contribution in [3.8, 4) is 0 Å². The van der Waals surface area contributed by atoms with Crippen LogP contribution in [0, 0.1) is 0 Å². The Morgan fingerprint density at radius 1 is 1.27 bits per heavy atom. The summed E-state index contributed by atoms with van der Waals surface area (Å²) in [5.74, 6) is 0.421. The number of aromatic nitrogens is 2. The van der Waals surface area contributed by atoms with Gasteiger partial charge in [-0.05, 0) is 38.8 Å². The lowest BCUT2D eigenvalue weighted by Crippen LogP contribution is -2.39. The highest BCUT2D eigenvalue weighted by atomic mass is 32.2. The average molecular weight is 374 g/mol. The number of carbonyl (C=O) groups is 1. The van der Waals surface area contributed by atoms with Gasteiger partial charge >= 0.3 is 0 Å². The third-order valence-corrected chi connectivity index (χ3v) is 6.07. The van der Waals surface area contributed by atoms with Gasteiger partial charge in [0.05, 0.1) is 16.7 Å². The van der Waals surface area contributed by atoms with E-state index in [-0.39, 0.29) is 17.5 Å². The van der Waals surface area contributed by atoms with Gasteiger partial charge in [0.15, 0.2) is 5.16 Å². The molecule has 0 atom stereocenters. The molecule has 140 valence electrons. The summed E-state index contributed by atoms with van der Waals surface area (Å²) in [4.78, 5) is 32.0. The second kappa shape index (κ2) is 8.25. The van der Waals surface area contributed by atoms with E-state index >= 15 is 0 Å². The maximum Gasteiger partial charge on any atom is 0.262 e. The molecule has 1 aliphatic rings. The predicted molar refractivity (Wildman–Crippen MR) is 107 cm³/mol. The van der Waals surface area contributed by atoms with Crippen molar-refractivity contribution >= 4 is 28.6 Å². The molecular formula is C20H27N3O2S. The van der Waals surface area contributed by atoms with E-state index in [4.69, 9.17) is 0 Å². The Kier molecular flexibility index (Phi) is 6.01. The number of carbonyl (C=O) groups excluding carboxylic acids is 1. The molecule has 5 nitrogen and oxygen atoms in total. The number of benzene rings is 1. The summed E-state index contributed by atoms with van der Waals surface area (Å²) in [7, 11) is 1.90. The first kappa shape index (κ1) is 19.0. The molecule has 1 amide bonds. The number of hydrogen-bond acceptors (Lipinski definition) is 4. The molecule has 3 rings (SSSR count). The lowest BCUT2D eigenvalue weighted by atomic mass is 9.94. The number of hydrogen-bond donors (Lipinski definition) is 0. The summed E-state index contributed by atoms with van der Waals surface area (Å²) in [6, 6.07) is 7.74. The third-order valence-electron chi connectivity index (χ3n) is 5.13. The first-order valence-corrected chi connectivity index (χ1v) is 10.4. The first-order chi connectivity index (χ1) is 12.5. The van der Waals surface area contributed by atoms with Crippen LogP contribution in [0.5, 0.6) is 0 Å². The maximum atomic E-state index is 12.8. The molecule has 0 unspecified atom stereocenters. The van der Waals surface area contributed by atoms with Crippen LogP contribution in [0.3, 0.4) is 0 Å². The Hall–Kier alpha value is -1.82. The molecule has 1 saturated carbocycles. The fourth-order valence-corrected chi connectivity index (χ4v) is 4.63. The molecule has 2 aromatic rings. The maximum absolute atomic E-state index is 12.8. The van der Waals surface area contributed by atoms with Gasteiger partial charge in [-0.25, -0.2) is 4.98 Å². The first-order valence-electron chi connectivity index (χ1n) is 9.38. The molecule has 6 heteroatoms. The highest BCUT2D eigenvalue weighted by Gasteiger charge is 2.23. The Bertz CT molecular complexity index is 841. The zero-order valence-electron chi connectivity index (χ0n) is 15.8. The monoisotopic (exact) mass is 373 g/mol. The minimum absolute atomic E-state index is 0.00622. The van der Waals surface area contributed by atoms with E-state index in [1.54, 1.807) is 10.6 Å². The smallest absolute Gasteiger partial charge is 0.262 e. The fraction of sp³-hybridized carbons (Fsp3) is 0.550. The molecule has 0 bridgehead atoms. The van der Waals surface area contributed by atoms with E-state index in [2.05, 4.69) is 4.98 Å². The Balaban J connectivity index is 1.80. The molecule has 26 heavy (non-hydrogen) atoms. The molecule has 0 saturated heterocycles. The van der Waals surface area contributed by atoms with Crippen molar-refractivity contribution in [3.63, 3.8) is 0 Å². The molecule has 1 fully saturated rings. The zero-order chi connectivity index (χ0) is 18.7. The van der Waals surface area contributed by atoms with E-state index < -0.39 is 0 Å². The molecule has 1 heterocycles. The summed E-state index contributed by atoms with van der Waals surface area (Å²) in [5.41, 5.74) is 0.645. The topological polar surface area (TPSA) is 55.2 Å². The summed E-state index contributed by atoms with van der Waals surface area (Å²) >= 11 is 1.37. The number of thioether (sulfide) groups is 1. The SMILES string of the molecule is CC(C)n1c(SCC(=O)N(C)C2CCCCC2)nc2ccccc2c1=O. The van der Waals surface area contributed by atoms with Gasteiger partial charge in [0.2, 0.25) is 5.91 Å². The summed E-state index contributed by atoms with van der Waals surface area (Å²) in [5, 5.41) is 1.24. The number of amides is 1. The molecule has 1 aromatic carbocycles. The Labute approximate surface area is 158 Å². The summed E-state index contributed by atoms with van der Waals surface area (Å²) in [6.07, 6.45) is 5.87. The van der Waals surface area contributed by atoms with Gasteiger partial charge in [0.25, 0.3) is 5.56 Å². The van der Waals surface area contributed by atoms with E-state index in [0.29, 0.717) is 27.9 Å². The third kappa shape index (κ3) is 3.95. The molecule has 0 aliphatic heterocycles. The minimum atomic E-state index is -0.0406. The van der Waals surface area contributed by atoms with Crippen molar-refractivity contribution < 1.29 is 4.79 Å². The molecule has 0 N–H and O–H groups in total. The number of nitrogens with zero attached hydrogens (tertiary/aromatic N) is 3. The fourth-order valence-electron chi connectivity index (χ4n) is 3.58. The lowest BCUT2D eigenvalue weighted by molar-refractivity contribution is -0.129. The van der Waals surface area contributed by atoms with Crippen molar-refractivity contribution in [1.82, 2.24) is 14.5 Å². The molecule has 0 spiro atoms. The predicted octanol–water partition coefficient (Wildman–Crippen LogP) is 3.86. The van der Waals surface area contributed by atoms with Crippen LogP contribution in [-0.4, -0.2) is 39.2 Å². The van der Waals surface area contributed by atoms with E-state index in [9.17, 15) is 9.59 Å². The van der Waals surface area contributed by atoms with Crippen LogP contribution in [0.15, 0.2) is 34.2 Å². The van der Waals surface area contributed by atoms with Crippen LogP contribution in [-0.2, 0) is 4.79 Å². The van der Waals surface area contributed by atoms with Gasteiger partial charge < -0.3 is 4.90 Å². The Morgan fingerprint density at radius 2 is 1.96 bits per heavy atom. The standard InChI is InChI=1S/C20H27N3O2S/c1-14(2)23-19(25)16-11-7-8-12-17(16)21-20(23)26-13-18(24)22(3)15-9-5-4-6-10-15/h7-8,11-12,14-15H,4-6,9-10,13H2,1-3H3. The van der Waals surface area contributed by atoms with Crippen molar-refractivity contribution in [2.75, 3.05) is 12.8 Å². The number of rotatable bonds is 5. The van der Waals surface area contributed by atoms with Crippen LogP contribution < -0.4 is 5.56 Å². The molecule has 0 radical (unpaired) electrons. The molecule has 1 aliphatic carbocycles. The summed E-state index contributed by atoms with van der Waals surface area (Å²) in [6.45, 7) is 3.94. The lowest BCUT2D eigenvalue weighted by Gasteiger charge is -2.31. The van der Waals surface area contributed by atoms with Gasteiger partial charge in [0, 0.05) is 19.1 Å². The van der Waals surface area contributed by atoms with Gasteiger partial charge in [-0.1, -0.05) is 43.2 Å². The Morgan fingerprint density at radius 3 is 2.65 bits per heavy atom. The quantitative estimate of drug-likeness (QED) is 0.590. The van der Waals surface area contributed by atoms with Crippen LogP contribution in [0.1, 0.15) is 52.0 Å². The van der Waals surface area contributed by atoms with E-state index in [1.807, 2.05) is 44.0 Å².